The van der Waals surface area contributed by atoms with Crippen molar-refractivity contribution in [3.8, 4) is 0 Å². The Labute approximate surface area is 99.9 Å². The molecule has 0 spiro atoms. The third-order valence-corrected chi connectivity index (χ3v) is 1.60. The van der Waals surface area contributed by atoms with E-state index in [1.54, 1.807) is 19.9 Å². The van der Waals surface area contributed by atoms with Crippen molar-refractivity contribution in [2.75, 3.05) is 6.61 Å². The van der Waals surface area contributed by atoms with E-state index in [-0.39, 0.29) is 12.3 Å². The first-order chi connectivity index (χ1) is 8.01. The lowest BCUT2D eigenvalue weighted by molar-refractivity contribution is -0.419. The predicted octanol–water partition coefficient (Wildman–Crippen LogP) is 2.40. The van der Waals surface area contributed by atoms with E-state index in [2.05, 4.69) is 11.3 Å². The number of nitro groups is 1. The number of hydrogen-bond acceptors (Lipinski definition) is 4. The van der Waals surface area contributed by atoms with Gasteiger partial charge < -0.3 is 4.74 Å². The molecule has 0 amide bonds. The van der Waals surface area contributed by atoms with Gasteiger partial charge in [0.1, 0.15) is 0 Å². The zero-order chi connectivity index (χ0) is 13.3. The van der Waals surface area contributed by atoms with Crippen molar-refractivity contribution in [1.29, 1.82) is 0 Å². The molecule has 0 bridgehead atoms. The lowest BCUT2D eigenvalue weighted by Gasteiger charge is -1.95. The SMILES string of the molecule is C=C(/C=C/C(=O)OCC)/C=C(\C=C/C)[N+](=O)[O-]. The highest BCUT2D eigenvalue weighted by atomic mass is 16.6. The molecular weight excluding hydrogens is 222 g/mol. The molecule has 0 rings (SSSR count). The molecule has 92 valence electrons. The fraction of sp³-hybridized carbons (Fsp3) is 0.250. The Balaban J connectivity index is 4.66. The zero-order valence-electron chi connectivity index (χ0n) is 9.88. The van der Waals surface area contributed by atoms with Gasteiger partial charge in [-0.3, -0.25) is 10.1 Å². The Kier molecular flexibility index (Phi) is 7.01. The van der Waals surface area contributed by atoms with Crippen LogP contribution in [0.4, 0.5) is 0 Å². The number of allylic oxidation sites excluding steroid dienone is 5. The van der Waals surface area contributed by atoms with E-state index in [0.29, 0.717) is 5.57 Å². The largest absolute Gasteiger partial charge is 0.463 e. The van der Waals surface area contributed by atoms with Crippen LogP contribution in [-0.2, 0) is 9.53 Å². The number of ether oxygens (including phenoxy) is 1. The molecule has 0 saturated carbocycles. The van der Waals surface area contributed by atoms with Gasteiger partial charge in [-0.2, -0.15) is 0 Å². The van der Waals surface area contributed by atoms with Crippen LogP contribution in [0.5, 0.6) is 0 Å². The van der Waals surface area contributed by atoms with Gasteiger partial charge in [0.05, 0.1) is 11.5 Å². The number of rotatable bonds is 6. The van der Waals surface area contributed by atoms with Crippen molar-refractivity contribution < 1.29 is 14.5 Å². The van der Waals surface area contributed by atoms with Gasteiger partial charge in [-0.25, -0.2) is 4.79 Å². The molecule has 0 aromatic rings. The molecule has 0 aromatic heterocycles. The highest BCUT2D eigenvalue weighted by Gasteiger charge is 2.04. The molecular formula is C12H15NO4. The summed E-state index contributed by atoms with van der Waals surface area (Å²) in [6, 6.07) is 0. The Morgan fingerprint density at radius 1 is 1.41 bits per heavy atom. The molecule has 0 aromatic carbocycles. The molecule has 0 saturated heterocycles. The average Bonchev–Trinajstić information content (AvgIpc) is 2.26. The number of carbonyl (C=O) groups excluding carboxylic acids is 1. The predicted molar refractivity (Wildman–Crippen MR) is 64.8 cm³/mol. The van der Waals surface area contributed by atoms with Gasteiger partial charge in [0.15, 0.2) is 0 Å². The van der Waals surface area contributed by atoms with Crippen molar-refractivity contribution in [2.24, 2.45) is 0 Å². The van der Waals surface area contributed by atoms with Crippen LogP contribution in [0.3, 0.4) is 0 Å². The maximum Gasteiger partial charge on any atom is 0.330 e. The lowest BCUT2D eigenvalue weighted by Crippen LogP contribution is -1.99. The number of hydrogen-bond donors (Lipinski definition) is 0. The van der Waals surface area contributed by atoms with E-state index in [4.69, 9.17) is 0 Å². The summed E-state index contributed by atoms with van der Waals surface area (Å²) in [6.07, 6.45) is 6.72. The Bertz CT molecular complexity index is 391. The van der Waals surface area contributed by atoms with Gasteiger partial charge in [-0.05, 0) is 25.5 Å². The minimum absolute atomic E-state index is 0.0917. The minimum Gasteiger partial charge on any atom is -0.463 e. The molecule has 5 nitrogen and oxygen atoms in total. The summed E-state index contributed by atoms with van der Waals surface area (Å²) in [7, 11) is 0. The summed E-state index contributed by atoms with van der Waals surface area (Å²) in [6.45, 7) is 7.23. The first-order valence-electron chi connectivity index (χ1n) is 5.03. The third kappa shape index (κ3) is 6.83. The normalized spacial score (nSPS) is 12.0. The number of carbonyl (C=O) groups is 1. The van der Waals surface area contributed by atoms with Crippen LogP contribution in [0.25, 0.3) is 0 Å². The number of esters is 1. The van der Waals surface area contributed by atoms with Crippen molar-refractivity contribution in [3.05, 3.63) is 58.3 Å². The topological polar surface area (TPSA) is 69.4 Å². The monoisotopic (exact) mass is 237 g/mol. The summed E-state index contributed by atoms with van der Waals surface area (Å²) >= 11 is 0. The van der Waals surface area contributed by atoms with E-state index >= 15 is 0 Å². The van der Waals surface area contributed by atoms with E-state index < -0.39 is 10.9 Å². The quantitative estimate of drug-likeness (QED) is 0.234. The van der Waals surface area contributed by atoms with E-state index in [1.807, 2.05) is 0 Å². The lowest BCUT2D eigenvalue weighted by atomic mass is 10.2. The van der Waals surface area contributed by atoms with Crippen LogP contribution in [0.15, 0.2) is 48.2 Å². The molecule has 0 heterocycles. The Hall–Kier alpha value is -2.17. The summed E-state index contributed by atoms with van der Waals surface area (Å²) < 4.78 is 4.66. The van der Waals surface area contributed by atoms with E-state index in [1.165, 1.54) is 24.3 Å². The zero-order valence-corrected chi connectivity index (χ0v) is 9.88. The molecule has 5 heteroatoms. The van der Waals surface area contributed by atoms with Crippen LogP contribution in [-0.4, -0.2) is 17.5 Å². The molecule has 0 atom stereocenters. The second-order valence-electron chi connectivity index (χ2n) is 2.99. The van der Waals surface area contributed by atoms with Crippen LogP contribution in [0, 0.1) is 10.1 Å². The molecule has 0 aliphatic rings. The van der Waals surface area contributed by atoms with E-state index in [0.717, 1.165) is 0 Å². The van der Waals surface area contributed by atoms with Crippen LogP contribution >= 0.6 is 0 Å². The molecule has 0 aliphatic heterocycles. The van der Waals surface area contributed by atoms with Crippen LogP contribution in [0.2, 0.25) is 0 Å². The van der Waals surface area contributed by atoms with Crippen LogP contribution in [0.1, 0.15) is 13.8 Å². The second kappa shape index (κ2) is 8.04. The fourth-order valence-electron chi connectivity index (χ4n) is 0.936. The Morgan fingerprint density at radius 2 is 2.06 bits per heavy atom. The van der Waals surface area contributed by atoms with Crippen LogP contribution < -0.4 is 0 Å². The first kappa shape index (κ1) is 14.8. The highest BCUT2D eigenvalue weighted by Crippen LogP contribution is 2.05. The van der Waals surface area contributed by atoms with E-state index in [9.17, 15) is 14.9 Å². The fourth-order valence-corrected chi connectivity index (χ4v) is 0.936. The summed E-state index contributed by atoms with van der Waals surface area (Å²) in [5.74, 6) is -0.504. The van der Waals surface area contributed by atoms with Gasteiger partial charge in [-0.1, -0.05) is 12.7 Å². The maximum atomic E-state index is 11.0. The number of nitrogens with zero attached hydrogens (tertiary/aromatic N) is 1. The molecule has 0 N–H and O–H groups in total. The summed E-state index contributed by atoms with van der Waals surface area (Å²) in [5, 5.41) is 10.6. The average molecular weight is 237 g/mol. The molecule has 17 heavy (non-hydrogen) atoms. The highest BCUT2D eigenvalue weighted by molar-refractivity contribution is 5.82. The van der Waals surface area contributed by atoms with Gasteiger partial charge in [0, 0.05) is 18.2 Å². The van der Waals surface area contributed by atoms with Gasteiger partial charge in [-0.15, -0.1) is 0 Å². The minimum atomic E-state index is -0.524. The van der Waals surface area contributed by atoms with Gasteiger partial charge in [0.2, 0.25) is 0 Å². The molecule has 0 unspecified atom stereocenters. The van der Waals surface area contributed by atoms with Crippen molar-refractivity contribution in [1.82, 2.24) is 0 Å². The summed E-state index contributed by atoms with van der Waals surface area (Å²) in [4.78, 5) is 21.0. The van der Waals surface area contributed by atoms with Crippen molar-refractivity contribution >= 4 is 5.97 Å². The van der Waals surface area contributed by atoms with Crippen molar-refractivity contribution in [3.63, 3.8) is 0 Å². The van der Waals surface area contributed by atoms with Crippen molar-refractivity contribution in [2.45, 2.75) is 13.8 Å². The maximum absolute atomic E-state index is 11.0. The molecule has 0 aliphatic carbocycles. The molecule has 0 radical (unpaired) electrons. The third-order valence-electron chi connectivity index (χ3n) is 1.60. The Morgan fingerprint density at radius 3 is 2.53 bits per heavy atom. The first-order valence-corrected chi connectivity index (χ1v) is 5.03. The summed E-state index contributed by atoms with van der Waals surface area (Å²) in [5.41, 5.74) is 0.258. The smallest absolute Gasteiger partial charge is 0.330 e. The molecule has 0 fully saturated rings. The second-order valence-corrected chi connectivity index (χ2v) is 2.99. The standard InChI is InChI=1S/C12H15NO4/c1-4-6-11(13(15)16)9-10(3)7-8-12(14)17-5-2/h4,6-9H,3,5H2,1-2H3/b6-4-,8-7+,11-9+. The van der Waals surface area contributed by atoms with Gasteiger partial charge >= 0.3 is 5.97 Å². The van der Waals surface area contributed by atoms with Gasteiger partial charge in [0.25, 0.3) is 5.70 Å².